The maximum absolute atomic E-state index is 11.7. The van der Waals surface area contributed by atoms with Gasteiger partial charge in [0.15, 0.2) is 12.4 Å². The lowest BCUT2D eigenvalue weighted by molar-refractivity contribution is -0.130. The maximum Gasteiger partial charge on any atom is 0.259 e. The van der Waals surface area contributed by atoms with E-state index in [2.05, 4.69) is 53.8 Å². The van der Waals surface area contributed by atoms with E-state index < -0.39 is 0 Å². The molecule has 1 aliphatic carbocycles. The molecule has 0 bridgehead atoms. The minimum atomic E-state index is -0.117. The maximum atomic E-state index is 11.7. The van der Waals surface area contributed by atoms with Gasteiger partial charge in [0.25, 0.3) is 5.91 Å². The van der Waals surface area contributed by atoms with Crippen molar-refractivity contribution in [3.05, 3.63) is 34.3 Å². The number of amides is 1. The van der Waals surface area contributed by atoms with Crippen molar-refractivity contribution in [3.8, 4) is 11.6 Å². The third-order valence-electron chi connectivity index (χ3n) is 6.71. The fourth-order valence-electron chi connectivity index (χ4n) is 4.50. The normalized spacial score (nSPS) is 19.7. The second-order valence-electron chi connectivity index (χ2n) is 9.66. The van der Waals surface area contributed by atoms with Crippen molar-refractivity contribution in [2.75, 3.05) is 57.2 Å². The molecule has 2 fully saturated rings. The summed E-state index contributed by atoms with van der Waals surface area (Å²) < 4.78 is 18.5. The molecule has 5 rings (SSSR count). The number of ether oxygens (including phenoxy) is 3. The van der Waals surface area contributed by atoms with E-state index >= 15 is 0 Å². The van der Waals surface area contributed by atoms with Gasteiger partial charge >= 0.3 is 0 Å². The number of likely N-dealkylation sites (N-methyl/N-ethyl adjacent to an activating group) is 1. The van der Waals surface area contributed by atoms with Crippen LogP contribution in [-0.4, -0.2) is 89.9 Å². The summed E-state index contributed by atoms with van der Waals surface area (Å²) in [5.41, 5.74) is 0.892. The Labute approximate surface area is 235 Å². The van der Waals surface area contributed by atoms with E-state index in [1.807, 2.05) is 12.3 Å². The molecule has 0 radical (unpaired) electrons. The van der Waals surface area contributed by atoms with Crippen LogP contribution in [0.4, 0.5) is 11.8 Å². The van der Waals surface area contributed by atoms with Crippen LogP contribution in [0.25, 0.3) is 10.9 Å². The van der Waals surface area contributed by atoms with Crippen molar-refractivity contribution < 1.29 is 19.0 Å². The van der Waals surface area contributed by atoms with Crippen LogP contribution in [0.5, 0.6) is 11.6 Å². The molecule has 11 nitrogen and oxygen atoms in total. The summed E-state index contributed by atoms with van der Waals surface area (Å²) in [6.45, 7) is 2.97. The number of morpholine rings is 1. The van der Waals surface area contributed by atoms with Crippen LogP contribution < -0.4 is 19.7 Å². The number of anilines is 2. The highest BCUT2D eigenvalue weighted by Gasteiger charge is 2.25. The van der Waals surface area contributed by atoms with Crippen LogP contribution in [0.1, 0.15) is 25.7 Å². The zero-order valence-electron chi connectivity index (χ0n) is 21.6. The fourth-order valence-corrected chi connectivity index (χ4v) is 4.95. The van der Waals surface area contributed by atoms with Gasteiger partial charge in [-0.15, -0.1) is 0 Å². The molecule has 38 heavy (non-hydrogen) atoms. The molecular formula is C26H32IN7O4. The molecule has 3 aromatic heterocycles. The van der Waals surface area contributed by atoms with E-state index in [1.165, 1.54) is 4.90 Å². The summed E-state index contributed by atoms with van der Waals surface area (Å²) in [4.78, 5) is 33.6. The molecule has 0 aromatic carbocycles. The Morgan fingerprint density at radius 2 is 1.84 bits per heavy atom. The second kappa shape index (κ2) is 12.2. The minimum absolute atomic E-state index is 0.0398. The van der Waals surface area contributed by atoms with E-state index in [0.29, 0.717) is 30.8 Å². The van der Waals surface area contributed by atoms with Gasteiger partial charge in [-0.1, -0.05) is 0 Å². The standard InChI is InChI=1S/C26H32IN7O4/c1-33(2)24(35)16-37-20-14-29-26(30-15-20)31-18-3-5-19(6-4-18)38-25-21-11-17(27)13-28-22(21)12-23(32-25)34-7-9-36-10-8-34/h11-15,18-19H,3-10,16H2,1-2H3,(H,29,30,31)/t18-,19+. The van der Waals surface area contributed by atoms with Crippen molar-refractivity contribution >= 4 is 51.2 Å². The van der Waals surface area contributed by atoms with Gasteiger partial charge in [0.05, 0.1) is 36.5 Å². The molecule has 0 spiro atoms. The first-order valence-corrected chi connectivity index (χ1v) is 13.9. The summed E-state index contributed by atoms with van der Waals surface area (Å²) in [6.07, 6.45) is 8.77. The summed E-state index contributed by atoms with van der Waals surface area (Å²) >= 11 is 2.27. The average molecular weight is 633 g/mol. The largest absolute Gasteiger partial charge is 0.481 e. The van der Waals surface area contributed by atoms with E-state index in [1.54, 1.807) is 26.5 Å². The van der Waals surface area contributed by atoms with E-state index in [9.17, 15) is 4.79 Å². The van der Waals surface area contributed by atoms with Gasteiger partial charge in [-0.3, -0.25) is 9.78 Å². The molecule has 1 amide bonds. The van der Waals surface area contributed by atoms with Gasteiger partial charge in [0.2, 0.25) is 11.8 Å². The number of pyridine rings is 2. The molecule has 3 aromatic rings. The van der Waals surface area contributed by atoms with E-state index in [4.69, 9.17) is 19.2 Å². The Kier molecular flexibility index (Phi) is 8.57. The zero-order chi connectivity index (χ0) is 26.5. The van der Waals surface area contributed by atoms with Crippen LogP contribution in [0.3, 0.4) is 0 Å². The number of fused-ring (bicyclic) bond motifs is 1. The Balaban J connectivity index is 1.18. The topological polar surface area (TPSA) is 115 Å². The zero-order valence-corrected chi connectivity index (χ0v) is 23.8. The first-order chi connectivity index (χ1) is 18.4. The highest BCUT2D eigenvalue weighted by molar-refractivity contribution is 14.1. The molecule has 4 heterocycles. The lowest BCUT2D eigenvalue weighted by atomic mass is 9.93. The summed E-state index contributed by atoms with van der Waals surface area (Å²) in [5, 5.41) is 4.35. The number of carbonyl (C=O) groups excluding carboxylic acids is 1. The summed E-state index contributed by atoms with van der Waals surface area (Å²) in [7, 11) is 3.38. The van der Waals surface area contributed by atoms with E-state index in [-0.39, 0.29) is 24.7 Å². The number of rotatable bonds is 8. The number of carbonyl (C=O) groups is 1. The van der Waals surface area contributed by atoms with Crippen molar-refractivity contribution in [2.24, 2.45) is 0 Å². The van der Waals surface area contributed by atoms with Crippen LogP contribution in [0.15, 0.2) is 30.7 Å². The summed E-state index contributed by atoms with van der Waals surface area (Å²) in [6, 6.07) is 4.38. The molecule has 0 unspecified atom stereocenters. The summed E-state index contributed by atoms with van der Waals surface area (Å²) in [5.74, 6) is 2.43. The van der Waals surface area contributed by atoms with Crippen molar-refractivity contribution in [1.29, 1.82) is 0 Å². The second-order valence-corrected chi connectivity index (χ2v) is 10.9. The molecule has 1 saturated heterocycles. The monoisotopic (exact) mass is 633 g/mol. The Bertz CT molecular complexity index is 1250. The predicted octanol–water partition coefficient (Wildman–Crippen LogP) is 3.13. The first-order valence-electron chi connectivity index (χ1n) is 12.8. The predicted molar refractivity (Wildman–Crippen MR) is 152 cm³/mol. The minimum Gasteiger partial charge on any atom is -0.481 e. The number of hydrogen-bond acceptors (Lipinski definition) is 10. The van der Waals surface area contributed by atoms with Crippen molar-refractivity contribution in [3.63, 3.8) is 0 Å². The molecule has 1 aliphatic heterocycles. The fraction of sp³-hybridized carbons (Fsp3) is 0.500. The molecule has 12 heteroatoms. The SMILES string of the molecule is CN(C)C(=O)COc1cnc(N[C@H]2CC[C@@H](Oc3nc(N4CCOCC4)cc4ncc(I)cc34)CC2)nc1. The van der Waals surface area contributed by atoms with Gasteiger partial charge in [0, 0.05) is 49.1 Å². The Hall–Kier alpha value is -3.00. The molecule has 1 N–H and O–H groups in total. The third kappa shape index (κ3) is 6.70. The third-order valence-corrected chi connectivity index (χ3v) is 7.30. The number of hydrogen-bond donors (Lipinski definition) is 1. The molecule has 2 aliphatic rings. The quantitative estimate of drug-likeness (QED) is 0.371. The first kappa shape index (κ1) is 26.6. The number of nitrogens with one attached hydrogen (secondary N) is 1. The molecule has 1 saturated carbocycles. The lowest BCUT2D eigenvalue weighted by Crippen LogP contribution is -2.37. The van der Waals surface area contributed by atoms with Gasteiger partial charge in [0.1, 0.15) is 11.9 Å². The van der Waals surface area contributed by atoms with Crippen molar-refractivity contribution in [1.82, 2.24) is 24.8 Å². The van der Waals surface area contributed by atoms with Crippen LogP contribution in [0, 0.1) is 3.57 Å². The van der Waals surface area contributed by atoms with Gasteiger partial charge in [-0.25, -0.2) is 9.97 Å². The molecule has 202 valence electrons. The average Bonchev–Trinajstić information content (AvgIpc) is 2.94. The van der Waals surface area contributed by atoms with Crippen LogP contribution in [-0.2, 0) is 9.53 Å². The number of halogens is 1. The highest BCUT2D eigenvalue weighted by atomic mass is 127. The van der Waals surface area contributed by atoms with Crippen LogP contribution >= 0.6 is 22.6 Å². The number of aromatic nitrogens is 4. The lowest BCUT2D eigenvalue weighted by Gasteiger charge is -2.31. The highest BCUT2D eigenvalue weighted by Crippen LogP contribution is 2.32. The smallest absolute Gasteiger partial charge is 0.259 e. The van der Waals surface area contributed by atoms with E-state index in [0.717, 1.165) is 59.1 Å². The molecular weight excluding hydrogens is 601 g/mol. The van der Waals surface area contributed by atoms with Crippen molar-refractivity contribution in [2.45, 2.75) is 37.8 Å². The van der Waals surface area contributed by atoms with Crippen LogP contribution in [0.2, 0.25) is 0 Å². The Morgan fingerprint density at radius 1 is 1.11 bits per heavy atom. The van der Waals surface area contributed by atoms with Gasteiger partial charge in [-0.05, 0) is 54.3 Å². The number of nitrogens with zero attached hydrogens (tertiary/aromatic N) is 6. The molecule has 0 atom stereocenters. The van der Waals surface area contributed by atoms with Gasteiger partial charge < -0.3 is 29.3 Å². The van der Waals surface area contributed by atoms with Gasteiger partial charge in [-0.2, -0.15) is 4.98 Å². The Morgan fingerprint density at radius 3 is 2.55 bits per heavy atom.